The minimum absolute atomic E-state index is 0.0000726. The maximum atomic E-state index is 12.2. The lowest BCUT2D eigenvalue weighted by Gasteiger charge is -1.99. The minimum Gasteiger partial charge on any atom is -0.441 e. The molecule has 0 spiro atoms. The summed E-state index contributed by atoms with van der Waals surface area (Å²) in [5, 5.41) is 10.7. The zero-order valence-corrected chi connectivity index (χ0v) is 12.9. The smallest absolute Gasteiger partial charge is 0.269 e. The number of carbonyl (C=O) groups is 1. The van der Waals surface area contributed by atoms with Crippen LogP contribution >= 0.6 is 0 Å². The largest absolute Gasteiger partial charge is 0.441 e. The molecule has 0 saturated heterocycles. The molecule has 120 valence electrons. The second-order valence-corrected chi connectivity index (χ2v) is 5.40. The van der Waals surface area contributed by atoms with Crippen LogP contribution in [0.25, 0.3) is 11.5 Å². The average molecular weight is 322 g/mol. The molecule has 3 rings (SSSR count). The molecule has 1 heterocycles. The highest BCUT2D eigenvalue weighted by atomic mass is 16.6. The van der Waals surface area contributed by atoms with Crippen LogP contribution in [0.1, 0.15) is 21.7 Å². The zero-order chi connectivity index (χ0) is 17.1. The molecule has 6 nitrogen and oxygen atoms in total. The Kier molecular flexibility index (Phi) is 4.20. The van der Waals surface area contributed by atoms with E-state index < -0.39 is 4.92 Å². The highest BCUT2D eigenvalue weighted by molar-refractivity contribution is 5.97. The third kappa shape index (κ3) is 3.38. The Morgan fingerprint density at radius 2 is 1.79 bits per heavy atom. The van der Waals surface area contributed by atoms with Gasteiger partial charge in [0.2, 0.25) is 5.89 Å². The van der Waals surface area contributed by atoms with Crippen LogP contribution < -0.4 is 0 Å². The first-order valence-corrected chi connectivity index (χ1v) is 7.32. The predicted molar refractivity (Wildman–Crippen MR) is 87.8 cm³/mol. The van der Waals surface area contributed by atoms with Crippen molar-refractivity contribution in [3.8, 4) is 11.5 Å². The van der Waals surface area contributed by atoms with E-state index in [9.17, 15) is 14.9 Å². The molecule has 0 fully saturated rings. The van der Waals surface area contributed by atoms with Crippen molar-refractivity contribution in [1.82, 2.24) is 4.98 Å². The Hall–Kier alpha value is -3.28. The van der Waals surface area contributed by atoms with Gasteiger partial charge >= 0.3 is 0 Å². The number of nitrogens with zero attached hydrogens (tertiary/aromatic N) is 2. The number of aromatic nitrogens is 1. The number of ketones is 1. The van der Waals surface area contributed by atoms with Crippen LogP contribution in [-0.4, -0.2) is 15.7 Å². The van der Waals surface area contributed by atoms with Crippen molar-refractivity contribution < 1.29 is 14.1 Å². The van der Waals surface area contributed by atoms with E-state index in [1.807, 2.05) is 19.1 Å². The highest BCUT2D eigenvalue weighted by Gasteiger charge is 2.13. The van der Waals surface area contributed by atoms with Crippen LogP contribution in [0.4, 0.5) is 5.69 Å². The van der Waals surface area contributed by atoms with Crippen molar-refractivity contribution in [3.05, 3.63) is 81.7 Å². The standard InChI is InChI=1S/C18H14N2O4/c1-12-2-4-13(5-3-12)17(21)10-16-11-19-18(24-16)14-6-8-15(9-7-14)20(22)23/h2-9,11H,10H2,1H3. The molecule has 2 aromatic carbocycles. The van der Waals surface area contributed by atoms with E-state index in [-0.39, 0.29) is 17.9 Å². The Balaban J connectivity index is 1.74. The van der Waals surface area contributed by atoms with Gasteiger partial charge in [-0.15, -0.1) is 0 Å². The molecule has 0 radical (unpaired) electrons. The van der Waals surface area contributed by atoms with Gasteiger partial charge in [0, 0.05) is 23.3 Å². The number of oxazole rings is 1. The molecule has 1 aromatic heterocycles. The van der Waals surface area contributed by atoms with Crippen molar-refractivity contribution in [1.29, 1.82) is 0 Å². The maximum absolute atomic E-state index is 12.2. The van der Waals surface area contributed by atoms with Crippen molar-refractivity contribution in [2.24, 2.45) is 0 Å². The van der Waals surface area contributed by atoms with Gasteiger partial charge < -0.3 is 4.42 Å². The Labute approximate surface area is 137 Å². The fourth-order valence-corrected chi connectivity index (χ4v) is 2.25. The van der Waals surface area contributed by atoms with E-state index in [4.69, 9.17) is 4.42 Å². The predicted octanol–water partition coefficient (Wildman–Crippen LogP) is 3.98. The molecule has 0 N–H and O–H groups in total. The molecule has 0 atom stereocenters. The Morgan fingerprint density at radius 3 is 2.42 bits per heavy atom. The number of benzene rings is 2. The molecule has 0 saturated carbocycles. The summed E-state index contributed by atoms with van der Waals surface area (Å²) in [6, 6.07) is 13.2. The van der Waals surface area contributed by atoms with Gasteiger partial charge in [-0.2, -0.15) is 0 Å². The van der Waals surface area contributed by atoms with Crippen LogP contribution in [0.3, 0.4) is 0 Å². The van der Waals surface area contributed by atoms with Crippen LogP contribution in [-0.2, 0) is 6.42 Å². The number of rotatable bonds is 5. The van der Waals surface area contributed by atoms with Gasteiger partial charge in [-0.05, 0) is 19.1 Å². The summed E-state index contributed by atoms with van der Waals surface area (Å²) in [5.41, 5.74) is 2.33. The molecule has 24 heavy (non-hydrogen) atoms. The van der Waals surface area contributed by atoms with Crippen molar-refractivity contribution >= 4 is 11.5 Å². The molecule has 0 aliphatic carbocycles. The Bertz CT molecular complexity index is 880. The normalized spacial score (nSPS) is 10.5. The quantitative estimate of drug-likeness (QED) is 0.403. The van der Waals surface area contributed by atoms with Crippen molar-refractivity contribution in [2.75, 3.05) is 0 Å². The molecule has 6 heteroatoms. The zero-order valence-electron chi connectivity index (χ0n) is 12.9. The molecular formula is C18H14N2O4. The molecule has 0 bridgehead atoms. The molecule has 3 aromatic rings. The molecule has 0 aliphatic heterocycles. The fraction of sp³-hybridized carbons (Fsp3) is 0.111. The monoisotopic (exact) mass is 322 g/mol. The summed E-state index contributed by atoms with van der Waals surface area (Å²) in [6.07, 6.45) is 1.62. The lowest BCUT2D eigenvalue weighted by molar-refractivity contribution is -0.384. The number of Topliss-reactive ketones (excluding diaryl/α,β-unsaturated/α-hetero) is 1. The van der Waals surface area contributed by atoms with Gasteiger partial charge in [-0.3, -0.25) is 14.9 Å². The van der Waals surface area contributed by atoms with Crippen LogP contribution in [0.2, 0.25) is 0 Å². The van der Waals surface area contributed by atoms with Gasteiger partial charge in [0.1, 0.15) is 5.76 Å². The van der Waals surface area contributed by atoms with E-state index in [1.54, 1.807) is 24.3 Å². The van der Waals surface area contributed by atoms with Crippen LogP contribution in [0.5, 0.6) is 0 Å². The molecule has 0 amide bonds. The van der Waals surface area contributed by atoms with Crippen LogP contribution in [0, 0.1) is 17.0 Å². The second-order valence-electron chi connectivity index (χ2n) is 5.40. The summed E-state index contributed by atoms with van der Waals surface area (Å²) in [4.78, 5) is 26.6. The average Bonchev–Trinajstić information content (AvgIpc) is 3.04. The summed E-state index contributed by atoms with van der Waals surface area (Å²) in [6.45, 7) is 1.96. The Morgan fingerprint density at radius 1 is 1.12 bits per heavy atom. The fourth-order valence-electron chi connectivity index (χ4n) is 2.25. The van der Waals surface area contributed by atoms with Gasteiger partial charge in [0.15, 0.2) is 5.78 Å². The number of non-ortho nitro benzene ring substituents is 1. The van der Waals surface area contributed by atoms with E-state index >= 15 is 0 Å². The van der Waals surface area contributed by atoms with Gasteiger partial charge in [-0.1, -0.05) is 29.8 Å². The summed E-state index contributed by atoms with van der Waals surface area (Å²) in [5.74, 6) is 0.729. The highest BCUT2D eigenvalue weighted by Crippen LogP contribution is 2.22. The number of aryl methyl sites for hydroxylation is 1. The number of hydrogen-bond donors (Lipinski definition) is 0. The summed E-state index contributed by atoms with van der Waals surface area (Å²) < 4.78 is 5.58. The lowest BCUT2D eigenvalue weighted by atomic mass is 10.1. The topological polar surface area (TPSA) is 86.2 Å². The van der Waals surface area contributed by atoms with E-state index in [0.29, 0.717) is 22.8 Å². The third-order valence-electron chi connectivity index (χ3n) is 3.59. The van der Waals surface area contributed by atoms with Crippen molar-refractivity contribution in [3.63, 3.8) is 0 Å². The van der Waals surface area contributed by atoms with E-state index in [0.717, 1.165) is 5.56 Å². The molecular weight excluding hydrogens is 308 g/mol. The third-order valence-corrected chi connectivity index (χ3v) is 3.59. The van der Waals surface area contributed by atoms with Gasteiger partial charge in [0.05, 0.1) is 17.5 Å². The maximum Gasteiger partial charge on any atom is 0.269 e. The van der Waals surface area contributed by atoms with E-state index in [1.165, 1.54) is 18.3 Å². The first kappa shape index (κ1) is 15.6. The van der Waals surface area contributed by atoms with E-state index in [2.05, 4.69) is 4.98 Å². The lowest BCUT2D eigenvalue weighted by Crippen LogP contribution is -2.02. The van der Waals surface area contributed by atoms with Gasteiger partial charge in [-0.25, -0.2) is 4.98 Å². The molecule has 0 unspecified atom stereocenters. The number of nitro benzene ring substituents is 1. The van der Waals surface area contributed by atoms with Gasteiger partial charge in [0.25, 0.3) is 5.69 Å². The summed E-state index contributed by atoms with van der Waals surface area (Å²) in [7, 11) is 0. The number of nitro groups is 1. The first-order valence-electron chi connectivity index (χ1n) is 7.32. The SMILES string of the molecule is Cc1ccc(C(=O)Cc2cnc(-c3ccc([N+](=O)[O-])cc3)o2)cc1. The second kappa shape index (κ2) is 6.45. The molecule has 0 aliphatic rings. The minimum atomic E-state index is -0.467. The number of hydrogen-bond acceptors (Lipinski definition) is 5. The summed E-state index contributed by atoms with van der Waals surface area (Å²) >= 11 is 0. The van der Waals surface area contributed by atoms with Crippen LogP contribution in [0.15, 0.2) is 59.1 Å². The first-order chi connectivity index (χ1) is 11.5. The number of carbonyl (C=O) groups excluding carboxylic acids is 1. The van der Waals surface area contributed by atoms with Crippen molar-refractivity contribution in [2.45, 2.75) is 13.3 Å².